The largest absolute Gasteiger partial charge is 0.335 e. The van der Waals surface area contributed by atoms with Crippen molar-refractivity contribution in [1.82, 2.24) is 4.90 Å². The van der Waals surface area contributed by atoms with Crippen LogP contribution in [0, 0.1) is 0 Å². The maximum Gasteiger partial charge on any atom is 0.255 e. The summed E-state index contributed by atoms with van der Waals surface area (Å²) in [6.07, 6.45) is 0.549. The Morgan fingerprint density at radius 2 is 2.33 bits per heavy atom. The summed E-state index contributed by atoms with van der Waals surface area (Å²) in [6, 6.07) is 1.60. The molecular weight excluding hydrogens is 338 g/mol. The fourth-order valence-electron chi connectivity index (χ4n) is 2.18. The molecule has 1 aromatic rings. The van der Waals surface area contributed by atoms with Crippen LogP contribution in [-0.4, -0.2) is 43.3 Å². The van der Waals surface area contributed by atoms with Crippen LogP contribution in [-0.2, 0) is 9.84 Å². The zero-order valence-electron chi connectivity index (χ0n) is 9.93. The van der Waals surface area contributed by atoms with Gasteiger partial charge < -0.3 is 4.90 Å². The number of carbonyl (C=O) groups excluding carboxylic acids is 1. The second kappa shape index (κ2) is 5.30. The van der Waals surface area contributed by atoms with Gasteiger partial charge in [0.25, 0.3) is 5.91 Å². The molecule has 4 nitrogen and oxygen atoms in total. The lowest BCUT2D eigenvalue weighted by atomic mass is 10.2. The van der Waals surface area contributed by atoms with Crippen LogP contribution in [0.25, 0.3) is 0 Å². The number of carbonyl (C=O) groups is 1. The van der Waals surface area contributed by atoms with Gasteiger partial charge in [-0.1, -0.05) is 0 Å². The quantitative estimate of drug-likeness (QED) is 0.838. The molecule has 2 heterocycles. The number of thiophene rings is 1. The molecule has 18 heavy (non-hydrogen) atoms. The van der Waals surface area contributed by atoms with Crippen LogP contribution in [0.5, 0.6) is 0 Å². The Kier molecular flexibility index (Phi) is 4.13. The van der Waals surface area contributed by atoms with Crippen molar-refractivity contribution in [3.63, 3.8) is 0 Å². The Hall–Kier alpha value is -0.400. The van der Waals surface area contributed by atoms with Gasteiger partial charge in [-0.3, -0.25) is 4.79 Å². The van der Waals surface area contributed by atoms with E-state index in [2.05, 4.69) is 15.9 Å². The summed E-state index contributed by atoms with van der Waals surface area (Å²) in [5, 5.41) is 1.79. The SMILES string of the molecule is CCN(C(=O)c1csc(Br)c1)C1CCS(=O)(=O)C1. The predicted molar refractivity (Wildman–Crippen MR) is 75.8 cm³/mol. The first-order chi connectivity index (χ1) is 8.43. The summed E-state index contributed by atoms with van der Waals surface area (Å²) in [6.45, 7) is 2.41. The second-order valence-electron chi connectivity index (χ2n) is 4.29. The number of hydrogen-bond donors (Lipinski definition) is 0. The molecule has 0 aromatic carbocycles. The van der Waals surface area contributed by atoms with Crippen molar-refractivity contribution in [2.75, 3.05) is 18.1 Å². The lowest BCUT2D eigenvalue weighted by Gasteiger charge is -2.26. The number of nitrogens with zero attached hydrogens (tertiary/aromatic N) is 1. The number of sulfone groups is 1. The maximum atomic E-state index is 12.3. The van der Waals surface area contributed by atoms with E-state index in [4.69, 9.17) is 0 Å². The third-order valence-electron chi connectivity index (χ3n) is 3.07. The highest BCUT2D eigenvalue weighted by Crippen LogP contribution is 2.24. The van der Waals surface area contributed by atoms with Crippen molar-refractivity contribution in [2.45, 2.75) is 19.4 Å². The molecule has 1 amide bonds. The molecule has 1 aliphatic rings. The van der Waals surface area contributed by atoms with E-state index in [1.807, 2.05) is 6.92 Å². The molecule has 100 valence electrons. The number of amides is 1. The van der Waals surface area contributed by atoms with Gasteiger partial charge in [-0.2, -0.15) is 0 Å². The van der Waals surface area contributed by atoms with Crippen molar-refractivity contribution >= 4 is 43.0 Å². The van der Waals surface area contributed by atoms with Gasteiger partial charge in [0.1, 0.15) is 0 Å². The minimum atomic E-state index is -2.96. The molecular formula is C11H14BrNO3S2. The Bertz CT molecular complexity index is 552. The number of hydrogen-bond acceptors (Lipinski definition) is 4. The Morgan fingerprint density at radius 3 is 2.78 bits per heavy atom. The second-order valence-corrected chi connectivity index (χ2v) is 8.81. The highest BCUT2D eigenvalue weighted by atomic mass is 79.9. The first kappa shape index (κ1) is 14.0. The smallest absolute Gasteiger partial charge is 0.255 e. The topological polar surface area (TPSA) is 54.5 Å². The molecule has 0 saturated carbocycles. The molecule has 7 heteroatoms. The maximum absolute atomic E-state index is 12.3. The normalized spacial score (nSPS) is 22.0. The molecule has 2 rings (SSSR count). The first-order valence-corrected chi connectivity index (χ1v) is 9.18. The summed E-state index contributed by atoms with van der Waals surface area (Å²) in [5.41, 5.74) is 0.623. The van der Waals surface area contributed by atoms with Crippen LogP contribution in [0.4, 0.5) is 0 Å². The zero-order valence-corrected chi connectivity index (χ0v) is 13.1. The average molecular weight is 352 g/mol. The van der Waals surface area contributed by atoms with E-state index in [9.17, 15) is 13.2 Å². The number of rotatable bonds is 3. The van der Waals surface area contributed by atoms with E-state index in [0.29, 0.717) is 18.5 Å². The van der Waals surface area contributed by atoms with Gasteiger partial charge in [0.05, 0.1) is 20.9 Å². The third-order valence-corrected chi connectivity index (χ3v) is 6.32. The molecule has 0 radical (unpaired) electrons. The summed E-state index contributed by atoms with van der Waals surface area (Å²) in [5.74, 6) is 0.202. The fraction of sp³-hybridized carbons (Fsp3) is 0.545. The standard InChI is InChI=1S/C11H14BrNO3S2/c1-2-13(9-3-4-18(15,16)7-9)11(14)8-5-10(12)17-6-8/h5-6,9H,2-4,7H2,1H3. The van der Waals surface area contributed by atoms with Gasteiger partial charge in [0.2, 0.25) is 0 Å². The van der Waals surface area contributed by atoms with E-state index in [0.717, 1.165) is 3.79 Å². The van der Waals surface area contributed by atoms with Crippen LogP contribution in [0.2, 0.25) is 0 Å². The molecule has 0 aliphatic carbocycles. The van der Waals surface area contributed by atoms with E-state index in [1.54, 1.807) is 16.3 Å². The van der Waals surface area contributed by atoms with Gasteiger partial charge in [0, 0.05) is 18.0 Å². The monoisotopic (exact) mass is 351 g/mol. The van der Waals surface area contributed by atoms with Gasteiger partial charge in [-0.05, 0) is 35.3 Å². The van der Waals surface area contributed by atoms with E-state index < -0.39 is 9.84 Å². The fourth-order valence-corrected chi connectivity index (χ4v) is 5.04. The third kappa shape index (κ3) is 2.95. The minimum Gasteiger partial charge on any atom is -0.335 e. The minimum absolute atomic E-state index is 0.0819. The molecule has 1 unspecified atom stereocenters. The van der Waals surface area contributed by atoms with Crippen LogP contribution in [0.3, 0.4) is 0 Å². The van der Waals surface area contributed by atoms with Crippen molar-refractivity contribution in [1.29, 1.82) is 0 Å². The van der Waals surface area contributed by atoms with E-state index in [1.165, 1.54) is 11.3 Å². The molecule has 1 fully saturated rings. The molecule has 1 aliphatic heterocycles. The Balaban J connectivity index is 2.17. The van der Waals surface area contributed by atoms with Gasteiger partial charge in [0.15, 0.2) is 9.84 Å². The number of halogens is 1. The molecule has 0 N–H and O–H groups in total. The molecule has 0 spiro atoms. The molecule has 0 bridgehead atoms. The molecule has 1 saturated heterocycles. The van der Waals surface area contributed by atoms with Crippen molar-refractivity contribution in [3.8, 4) is 0 Å². The Labute approximate surface area is 119 Å². The molecule has 1 atom stereocenters. The molecule has 1 aromatic heterocycles. The zero-order chi connectivity index (χ0) is 13.3. The van der Waals surface area contributed by atoms with Gasteiger partial charge >= 0.3 is 0 Å². The lowest BCUT2D eigenvalue weighted by molar-refractivity contribution is 0.0709. The average Bonchev–Trinajstić information content (AvgIpc) is 2.86. The van der Waals surface area contributed by atoms with Crippen molar-refractivity contribution in [3.05, 3.63) is 20.8 Å². The van der Waals surface area contributed by atoms with Crippen molar-refractivity contribution in [2.24, 2.45) is 0 Å². The first-order valence-electron chi connectivity index (χ1n) is 5.68. The van der Waals surface area contributed by atoms with Crippen LogP contribution >= 0.6 is 27.3 Å². The van der Waals surface area contributed by atoms with Crippen LogP contribution < -0.4 is 0 Å². The van der Waals surface area contributed by atoms with Crippen LogP contribution in [0.1, 0.15) is 23.7 Å². The lowest BCUT2D eigenvalue weighted by Crippen LogP contribution is -2.40. The highest BCUT2D eigenvalue weighted by Gasteiger charge is 2.34. The van der Waals surface area contributed by atoms with E-state index >= 15 is 0 Å². The van der Waals surface area contributed by atoms with Crippen molar-refractivity contribution < 1.29 is 13.2 Å². The summed E-state index contributed by atoms with van der Waals surface area (Å²) in [4.78, 5) is 14.0. The van der Waals surface area contributed by atoms with Crippen LogP contribution in [0.15, 0.2) is 15.2 Å². The van der Waals surface area contributed by atoms with Gasteiger partial charge in [-0.15, -0.1) is 11.3 Å². The van der Waals surface area contributed by atoms with E-state index in [-0.39, 0.29) is 23.5 Å². The summed E-state index contributed by atoms with van der Waals surface area (Å²) < 4.78 is 23.9. The Morgan fingerprint density at radius 1 is 1.61 bits per heavy atom. The van der Waals surface area contributed by atoms with Gasteiger partial charge in [-0.25, -0.2) is 8.42 Å². The predicted octanol–water partition coefficient (Wildman–Crippen LogP) is 2.16. The highest BCUT2D eigenvalue weighted by molar-refractivity contribution is 9.11. The summed E-state index contributed by atoms with van der Waals surface area (Å²) >= 11 is 4.78. The summed E-state index contributed by atoms with van der Waals surface area (Å²) in [7, 11) is -2.96.